The third-order valence-electron chi connectivity index (χ3n) is 3.33. The Bertz CT molecular complexity index is 500. The Labute approximate surface area is 118 Å². The lowest BCUT2D eigenvalue weighted by atomic mass is 9.97. The third-order valence-corrected chi connectivity index (χ3v) is 3.75. The van der Waals surface area contributed by atoms with Gasteiger partial charge in [0.15, 0.2) is 10.2 Å². The summed E-state index contributed by atoms with van der Waals surface area (Å²) in [6.45, 7) is 0.379. The van der Waals surface area contributed by atoms with Crippen molar-refractivity contribution in [2.24, 2.45) is 0 Å². The molecule has 1 N–H and O–H groups in total. The van der Waals surface area contributed by atoms with Gasteiger partial charge in [-0.3, -0.25) is 4.79 Å². The van der Waals surface area contributed by atoms with Gasteiger partial charge in [0, 0.05) is 19.7 Å². The fourth-order valence-corrected chi connectivity index (χ4v) is 2.77. The number of furan rings is 1. The molecule has 1 atom stereocenters. The molecule has 0 bridgehead atoms. The zero-order valence-electron chi connectivity index (χ0n) is 10.4. The molecule has 7 heteroatoms. The summed E-state index contributed by atoms with van der Waals surface area (Å²) >= 11 is 3.12. The molecule has 0 aromatic carbocycles. The number of carboxylic acid groups (broad SMARTS) is 1. The van der Waals surface area contributed by atoms with Crippen LogP contribution >= 0.6 is 15.9 Å². The van der Waals surface area contributed by atoms with Gasteiger partial charge >= 0.3 is 5.97 Å². The highest BCUT2D eigenvalue weighted by atomic mass is 79.9. The van der Waals surface area contributed by atoms with Gasteiger partial charge in [-0.25, -0.2) is 4.79 Å². The van der Waals surface area contributed by atoms with Crippen molar-refractivity contribution in [2.75, 3.05) is 20.3 Å². The number of nitrogens with zero attached hydrogens (tertiary/aromatic N) is 1. The molecule has 2 heterocycles. The third kappa shape index (κ3) is 2.40. The highest BCUT2D eigenvalue weighted by molar-refractivity contribution is 9.10. The van der Waals surface area contributed by atoms with Gasteiger partial charge in [0.2, 0.25) is 0 Å². The number of carbonyl (C=O) groups is 2. The molecule has 1 aromatic rings. The van der Waals surface area contributed by atoms with Crippen LogP contribution < -0.4 is 0 Å². The van der Waals surface area contributed by atoms with E-state index < -0.39 is 11.5 Å². The number of amides is 1. The van der Waals surface area contributed by atoms with E-state index in [2.05, 4.69) is 15.9 Å². The summed E-state index contributed by atoms with van der Waals surface area (Å²) in [7, 11) is 1.43. The summed E-state index contributed by atoms with van der Waals surface area (Å²) in [5.74, 6) is -1.39. The van der Waals surface area contributed by atoms with E-state index in [1.807, 2.05) is 0 Å². The van der Waals surface area contributed by atoms with E-state index in [9.17, 15) is 14.7 Å². The van der Waals surface area contributed by atoms with Crippen molar-refractivity contribution in [3.05, 3.63) is 22.6 Å². The highest BCUT2D eigenvalue weighted by Crippen LogP contribution is 2.32. The van der Waals surface area contributed by atoms with Crippen LogP contribution in [-0.2, 0) is 9.53 Å². The largest absolute Gasteiger partial charge is 0.479 e. The average Bonchev–Trinajstić information content (AvgIpc) is 2.96. The van der Waals surface area contributed by atoms with E-state index in [4.69, 9.17) is 9.15 Å². The van der Waals surface area contributed by atoms with Crippen molar-refractivity contribution in [1.82, 2.24) is 4.90 Å². The normalized spacial score (nSPS) is 22.7. The molecule has 1 fully saturated rings. The Morgan fingerprint density at radius 1 is 1.63 bits per heavy atom. The van der Waals surface area contributed by atoms with Crippen LogP contribution in [-0.4, -0.2) is 47.7 Å². The van der Waals surface area contributed by atoms with Crippen molar-refractivity contribution in [1.29, 1.82) is 0 Å². The molecular formula is C12H14BrNO5. The Morgan fingerprint density at radius 2 is 2.37 bits per heavy atom. The molecule has 1 saturated heterocycles. The van der Waals surface area contributed by atoms with Gasteiger partial charge in [-0.15, -0.1) is 0 Å². The molecule has 0 saturated carbocycles. The summed E-state index contributed by atoms with van der Waals surface area (Å²) in [6.07, 6.45) is 2.34. The van der Waals surface area contributed by atoms with Crippen LogP contribution in [0, 0.1) is 0 Å². The van der Waals surface area contributed by atoms with Gasteiger partial charge in [0.05, 0.1) is 12.2 Å². The quantitative estimate of drug-likeness (QED) is 0.909. The van der Waals surface area contributed by atoms with Gasteiger partial charge in [0.25, 0.3) is 5.91 Å². The maximum absolute atomic E-state index is 12.4. The SMILES string of the molecule is COCC1(C(=O)O)CCCN1C(=O)c1coc(Br)c1. The first-order valence-corrected chi connectivity index (χ1v) is 6.59. The summed E-state index contributed by atoms with van der Waals surface area (Å²) in [6, 6.07) is 1.53. The first kappa shape index (κ1) is 14.1. The molecule has 1 aliphatic rings. The fraction of sp³-hybridized carbons (Fsp3) is 0.500. The molecule has 0 spiro atoms. The van der Waals surface area contributed by atoms with Gasteiger partial charge in [0.1, 0.15) is 6.26 Å². The van der Waals surface area contributed by atoms with Crippen LogP contribution in [0.5, 0.6) is 0 Å². The number of carbonyl (C=O) groups excluding carboxylic acids is 1. The van der Waals surface area contributed by atoms with E-state index in [1.165, 1.54) is 24.3 Å². The average molecular weight is 332 g/mol. The van der Waals surface area contributed by atoms with Crippen LogP contribution in [0.4, 0.5) is 0 Å². The number of methoxy groups -OCH3 is 1. The highest BCUT2D eigenvalue weighted by Gasteiger charge is 2.50. The molecule has 2 rings (SSSR count). The van der Waals surface area contributed by atoms with Gasteiger partial charge in [-0.2, -0.15) is 0 Å². The Hall–Kier alpha value is -1.34. The molecule has 0 aliphatic carbocycles. The molecule has 1 amide bonds. The number of rotatable bonds is 4. The minimum absolute atomic E-state index is 0.0207. The first-order chi connectivity index (χ1) is 9.01. The number of ether oxygens (including phenoxy) is 1. The lowest BCUT2D eigenvalue weighted by Crippen LogP contribution is -2.56. The zero-order chi connectivity index (χ0) is 14.0. The van der Waals surface area contributed by atoms with Crippen LogP contribution in [0.1, 0.15) is 23.2 Å². The van der Waals surface area contributed by atoms with Crippen molar-refractivity contribution in [2.45, 2.75) is 18.4 Å². The predicted octanol–water partition coefficient (Wildman–Crippen LogP) is 1.75. The topological polar surface area (TPSA) is 80.0 Å². The van der Waals surface area contributed by atoms with E-state index >= 15 is 0 Å². The number of likely N-dealkylation sites (tertiary alicyclic amines) is 1. The molecule has 6 nitrogen and oxygen atoms in total. The van der Waals surface area contributed by atoms with Gasteiger partial charge < -0.3 is 19.2 Å². The number of aliphatic carboxylic acids is 1. The Morgan fingerprint density at radius 3 is 2.89 bits per heavy atom. The van der Waals surface area contributed by atoms with Crippen LogP contribution in [0.25, 0.3) is 0 Å². The van der Waals surface area contributed by atoms with E-state index in [1.54, 1.807) is 0 Å². The number of hydrogen-bond donors (Lipinski definition) is 1. The van der Waals surface area contributed by atoms with Crippen molar-refractivity contribution in [3.63, 3.8) is 0 Å². The molecule has 0 radical (unpaired) electrons. The molecule has 104 valence electrons. The van der Waals surface area contributed by atoms with Crippen LogP contribution in [0.15, 0.2) is 21.4 Å². The van der Waals surface area contributed by atoms with Gasteiger partial charge in [-0.05, 0) is 28.8 Å². The lowest BCUT2D eigenvalue weighted by molar-refractivity contribution is -0.151. The summed E-state index contributed by atoms with van der Waals surface area (Å²) < 4.78 is 10.5. The molecule has 1 aromatic heterocycles. The maximum atomic E-state index is 12.4. The molecule has 19 heavy (non-hydrogen) atoms. The van der Waals surface area contributed by atoms with Gasteiger partial charge in [-0.1, -0.05) is 0 Å². The summed E-state index contributed by atoms with van der Waals surface area (Å²) in [5, 5.41) is 9.46. The molecule has 1 unspecified atom stereocenters. The Balaban J connectivity index is 2.31. The van der Waals surface area contributed by atoms with Crippen LogP contribution in [0.2, 0.25) is 0 Å². The molecular weight excluding hydrogens is 318 g/mol. The Kier molecular flexibility index (Phi) is 3.96. The standard InChI is InChI=1S/C12H14BrNO5/c1-18-7-12(11(16)17)3-2-4-14(12)10(15)8-5-9(13)19-6-8/h5-6H,2-4,7H2,1H3,(H,16,17). The monoisotopic (exact) mass is 331 g/mol. The second-order valence-corrected chi connectivity index (χ2v) is 5.25. The predicted molar refractivity (Wildman–Crippen MR) is 68.9 cm³/mol. The first-order valence-electron chi connectivity index (χ1n) is 5.79. The number of carboxylic acids is 1. The van der Waals surface area contributed by atoms with E-state index in [0.717, 1.165) is 0 Å². The van der Waals surface area contributed by atoms with Crippen molar-refractivity contribution < 1.29 is 23.8 Å². The fourth-order valence-electron chi connectivity index (χ4n) is 2.43. The molecule has 1 aliphatic heterocycles. The van der Waals surface area contributed by atoms with Crippen molar-refractivity contribution >= 4 is 27.8 Å². The second-order valence-electron chi connectivity index (χ2n) is 4.47. The van der Waals surface area contributed by atoms with Crippen LogP contribution in [0.3, 0.4) is 0 Å². The summed E-state index contributed by atoms with van der Waals surface area (Å²) in [5.41, 5.74) is -0.953. The zero-order valence-corrected chi connectivity index (χ0v) is 12.0. The van der Waals surface area contributed by atoms with E-state index in [-0.39, 0.29) is 12.5 Å². The minimum atomic E-state index is -1.28. The lowest BCUT2D eigenvalue weighted by Gasteiger charge is -2.33. The maximum Gasteiger partial charge on any atom is 0.332 e. The number of hydrogen-bond acceptors (Lipinski definition) is 4. The second kappa shape index (κ2) is 5.34. The number of halogens is 1. The van der Waals surface area contributed by atoms with Crippen molar-refractivity contribution in [3.8, 4) is 0 Å². The minimum Gasteiger partial charge on any atom is -0.479 e. The smallest absolute Gasteiger partial charge is 0.332 e. The van der Waals surface area contributed by atoms with E-state index in [0.29, 0.717) is 29.6 Å². The summed E-state index contributed by atoms with van der Waals surface area (Å²) in [4.78, 5) is 25.3.